The molecule has 4 atom stereocenters. The summed E-state index contributed by atoms with van der Waals surface area (Å²) in [6.45, 7) is 0. The smallest absolute Gasteiger partial charge is 0.0602 e. The monoisotopic (exact) mass is 188 g/mol. The van der Waals surface area contributed by atoms with Gasteiger partial charge in [-0.25, -0.2) is 0 Å². The van der Waals surface area contributed by atoms with Crippen molar-refractivity contribution >= 4 is 0 Å². The van der Waals surface area contributed by atoms with Crippen LogP contribution < -0.4 is 0 Å². The van der Waals surface area contributed by atoms with Crippen molar-refractivity contribution in [3.8, 4) is 0 Å². The average Bonchev–Trinajstić information content (AvgIpc) is 2.76. The summed E-state index contributed by atoms with van der Waals surface area (Å²) >= 11 is 0. The van der Waals surface area contributed by atoms with Crippen LogP contribution in [0.5, 0.6) is 0 Å². The van der Waals surface area contributed by atoms with Crippen LogP contribution in [0.15, 0.2) is 30.3 Å². The molecule has 0 aromatic heterocycles. The first-order valence-corrected chi connectivity index (χ1v) is 5.59. The fourth-order valence-corrected chi connectivity index (χ4v) is 3.38. The molecular weight excluding hydrogens is 172 g/mol. The predicted octanol–water partition coefficient (Wildman–Crippen LogP) is 2.56. The van der Waals surface area contributed by atoms with Crippen molar-refractivity contribution in [1.82, 2.24) is 0 Å². The van der Waals surface area contributed by atoms with Crippen LogP contribution in [0.1, 0.15) is 30.7 Å². The van der Waals surface area contributed by atoms with Crippen molar-refractivity contribution in [2.75, 3.05) is 0 Å². The fourth-order valence-electron chi connectivity index (χ4n) is 3.38. The van der Waals surface area contributed by atoms with Crippen molar-refractivity contribution in [2.24, 2.45) is 11.8 Å². The highest BCUT2D eigenvalue weighted by Crippen LogP contribution is 2.52. The van der Waals surface area contributed by atoms with E-state index in [0.717, 1.165) is 0 Å². The van der Waals surface area contributed by atoms with Gasteiger partial charge in [0, 0.05) is 0 Å². The number of rotatable bonds is 1. The summed E-state index contributed by atoms with van der Waals surface area (Å²) in [5, 5.41) is 9.96. The summed E-state index contributed by atoms with van der Waals surface area (Å²) in [5.74, 6) is 1.76. The summed E-state index contributed by atoms with van der Waals surface area (Å²) in [6, 6.07) is 10.7. The second-order valence-electron chi connectivity index (χ2n) is 4.74. The molecular formula is C13H16O. The molecule has 1 N–H and O–H groups in total. The molecule has 2 saturated carbocycles. The molecule has 0 aliphatic heterocycles. The molecule has 1 heteroatoms. The Morgan fingerprint density at radius 2 is 1.86 bits per heavy atom. The summed E-state index contributed by atoms with van der Waals surface area (Å²) in [7, 11) is 0. The summed E-state index contributed by atoms with van der Waals surface area (Å²) in [5.41, 5.74) is 1.43. The zero-order valence-corrected chi connectivity index (χ0v) is 8.26. The van der Waals surface area contributed by atoms with E-state index in [4.69, 9.17) is 0 Å². The topological polar surface area (TPSA) is 20.2 Å². The van der Waals surface area contributed by atoms with E-state index in [1.165, 1.54) is 24.8 Å². The van der Waals surface area contributed by atoms with Crippen molar-refractivity contribution in [3.63, 3.8) is 0 Å². The molecule has 2 fully saturated rings. The van der Waals surface area contributed by atoms with Gasteiger partial charge in [0.1, 0.15) is 0 Å². The Hall–Kier alpha value is -0.820. The van der Waals surface area contributed by atoms with Crippen LogP contribution in [-0.4, -0.2) is 11.2 Å². The fraction of sp³-hybridized carbons (Fsp3) is 0.538. The molecule has 1 nitrogen and oxygen atoms in total. The quantitative estimate of drug-likeness (QED) is 0.718. The van der Waals surface area contributed by atoms with Crippen LogP contribution in [0, 0.1) is 11.8 Å². The van der Waals surface area contributed by atoms with Gasteiger partial charge in [0.15, 0.2) is 0 Å². The first-order chi connectivity index (χ1) is 6.86. The molecule has 0 saturated heterocycles. The van der Waals surface area contributed by atoms with Gasteiger partial charge in [0.25, 0.3) is 0 Å². The van der Waals surface area contributed by atoms with Crippen LogP contribution in [0.3, 0.4) is 0 Å². The number of benzene rings is 1. The molecule has 1 aromatic rings. The minimum Gasteiger partial charge on any atom is -0.393 e. The molecule has 2 bridgehead atoms. The van der Waals surface area contributed by atoms with Crippen LogP contribution in [0.2, 0.25) is 0 Å². The highest BCUT2D eigenvalue weighted by Gasteiger charge is 2.47. The molecule has 3 rings (SSSR count). The van der Waals surface area contributed by atoms with E-state index >= 15 is 0 Å². The lowest BCUT2D eigenvalue weighted by Gasteiger charge is -2.21. The van der Waals surface area contributed by atoms with Gasteiger partial charge in [-0.1, -0.05) is 30.3 Å². The second kappa shape index (κ2) is 3.09. The standard InChI is InChI=1S/C13H16O/c14-13-10-6-7-11(13)12(8-10)9-4-2-1-3-5-9/h1-5,10-14H,6-8H2. The maximum absolute atomic E-state index is 9.96. The first kappa shape index (κ1) is 8.49. The van der Waals surface area contributed by atoms with Gasteiger partial charge < -0.3 is 5.11 Å². The lowest BCUT2D eigenvalue weighted by molar-refractivity contribution is 0.126. The lowest BCUT2D eigenvalue weighted by Crippen LogP contribution is -2.14. The highest BCUT2D eigenvalue weighted by atomic mass is 16.3. The maximum atomic E-state index is 9.96. The molecule has 4 unspecified atom stereocenters. The van der Waals surface area contributed by atoms with Gasteiger partial charge >= 0.3 is 0 Å². The molecule has 0 radical (unpaired) electrons. The normalized spacial score (nSPS) is 40.4. The Morgan fingerprint density at radius 1 is 1.07 bits per heavy atom. The van der Waals surface area contributed by atoms with E-state index in [-0.39, 0.29) is 6.10 Å². The average molecular weight is 188 g/mol. The number of hydrogen-bond acceptors (Lipinski definition) is 1. The zero-order valence-electron chi connectivity index (χ0n) is 8.26. The Balaban J connectivity index is 1.89. The molecule has 2 aliphatic carbocycles. The molecule has 0 heterocycles. The van der Waals surface area contributed by atoms with Crippen LogP contribution in [-0.2, 0) is 0 Å². The van der Waals surface area contributed by atoms with E-state index in [2.05, 4.69) is 30.3 Å². The SMILES string of the molecule is OC1C2CCC1C(c1ccccc1)C2. The second-order valence-corrected chi connectivity index (χ2v) is 4.74. The minimum absolute atomic E-state index is 0.0137. The van der Waals surface area contributed by atoms with Crippen LogP contribution >= 0.6 is 0 Å². The zero-order chi connectivity index (χ0) is 9.54. The van der Waals surface area contributed by atoms with E-state index in [9.17, 15) is 5.11 Å². The van der Waals surface area contributed by atoms with E-state index in [0.29, 0.717) is 17.8 Å². The summed E-state index contributed by atoms with van der Waals surface area (Å²) in [6.07, 6.45) is 3.66. The van der Waals surface area contributed by atoms with Gasteiger partial charge in [0.05, 0.1) is 6.10 Å². The van der Waals surface area contributed by atoms with Gasteiger partial charge in [-0.05, 0) is 42.6 Å². The number of aliphatic hydroxyl groups excluding tert-OH is 1. The Kier molecular flexibility index (Phi) is 1.88. The third kappa shape index (κ3) is 1.12. The number of aliphatic hydroxyl groups is 1. The summed E-state index contributed by atoms with van der Waals surface area (Å²) < 4.78 is 0. The van der Waals surface area contributed by atoms with Gasteiger partial charge in [0.2, 0.25) is 0 Å². The molecule has 14 heavy (non-hydrogen) atoms. The molecule has 2 aliphatic rings. The molecule has 0 amide bonds. The third-order valence-electron chi connectivity index (χ3n) is 4.09. The Bertz CT molecular complexity index is 319. The van der Waals surface area contributed by atoms with Crippen LogP contribution in [0.25, 0.3) is 0 Å². The highest BCUT2D eigenvalue weighted by molar-refractivity contribution is 5.24. The molecule has 1 aromatic carbocycles. The predicted molar refractivity (Wildman–Crippen MR) is 56.0 cm³/mol. The lowest BCUT2D eigenvalue weighted by atomic mass is 9.83. The number of hydrogen-bond donors (Lipinski definition) is 1. The molecule has 74 valence electrons. The van der Waals surface area contributed by atoms with E-state index in [1.807, 2.05) is 0 Å². The Morgan fingerprint density at radius 3 is 2.43 bits per heavy atom. The van der Waals surface area contributed by atoms with Crippen LogP contribution in [0.4, 0.5) is 0 Å². The van der Waals surface area contributed by atoms with Crippen molar-refractivity contribution in [3.05, 3.63) is 35.9 Å². The third-order valence-corrected chi connectivity index (χ3v) is 4.09. The van der Waals surface area contributed by atoms with E-state index < -0.39 is 0 Å². The maximum Gasteiger partial charge on any atom is 0.0602 e. The van der Waals surface area contributed by atoms with Crippen molar-refractivity contribution in [1.29, 1.82) is 0 Å². The van der Waals surface area contributed by atoms with Gasteiger partial charge in [-0.2, -0.15) is 0 Å². The Labute approximate surface area is 84.8 Å². The minimum atomic E-state index is -0.0137. The molecule has 0 spiro atoms. The van der Waals surface area contributed by atoms with Crippen molar-refractivity contribution < 1.29 is 5.11 Å². The first-order valence-electron chi connectivity index (χ1n) is 5.59. The summed E-state index contributed by atoms with van der Waals surface area (Å²) in [4.78, 5) is 0. The van der Waals surface area contributed by atoms with Crippen molar-refractivity contribution in [2.45, 2.75) is 31.3 Å². The van der Waals surface area contributed by atoms with E-state index in [1.54, 1.807) is 0 Å². The van der Waals surface area contributed by atoms with Gasteiger partial charge in [-0.15, -0.1) is 0 Å². The number of fused-ring (bicyclic) bond motifs is 2. The van der Waals surface area contributed by atoms with Gasteiger partial charge in [-0.3, -0.25) is 0 Å². The largest absolute Gasteiger partial charge is 0.393 e.